The van der Waals surface area contributed by atoms with Crippen LogP contribution in [0.1, 0.15) is 36.1 Å². The number of carbonyl (C=O) groups is 2. The van der Waals surface area contributed by atoms with Crippen LogP contribution in [0, 0.1) is 10.1 Å². The predicted molar refractivity (Wildman–Crippen MR) is 130 cm³/mol. The van der Waals surface area contributed by atoms with Crippen molar-refractivity contribution in [3.63, 3.8) is 0 Å². The molecule has 0 spiro atoms. The zero-order valence-electron chi connectivity index (χ0n) is 18.1. The highest BCUT2D eigenvalue weighted by atomic mass is 35.5. The van der Waals surface area contributed by atoms with E-state index in [-0.39, 0.29) is 33.8 Å². The summed E-state index contributed by atoms with van der Waals surface area (Å²) in [6, 6.07) is 9.70. The van der Waals surface area contributed by atoms with Crippen molar-refractivity contribution in [1.82, 2.24) is 20.1 Å². The van der Waals surface area contributed by atoms with E-state index in [4.69, 9.17) is 23.2 Å². The normalized spacial score (nSPS) is 11.6. The minimum atomic E-state index is -0.510. The van der Waals surface area contributed by atoms with E-state index in [2.05, 4.69) is 20.8 Å². The van der Waals surface area contributed by atoms with E-state index in [9.17, 15) is 19.7 Å². The number of aromatic nitrogens is 3. The largest absolute Gasteiger partial charge is 0.342 e. The van der Waals surface area contributed by atoms with E-state index in [1.165, 1.54) is 42.1 Å². The fourth-order valence-electron chi connectivity index (χ4n) is 3.03. The number of carbonyl (C=O) groups excluding carboxylic acids is 2. The number of nitro groups is 1. The van der Waals surface area contributed by atoms with Gasteiger partial charge < -0.3 is 15.2 Å². The molecule has 0 aliphatic heterocycles. The van der Waals surface area contributed by atoms with E-state index < -0.39 is 11.0 Å². The molecule has 2 amide bonds. The third-order valence-electron chi connectivity index (χ3n) is 4.67. The summed E-state index contributed by atoms with van der Waals surface area (Å²) in [7, 11) is 0. The number of halogens is 2. The van der Waals surface area contributed by atoms with Crippen molar-refractivity contribution >= 4 is 58.2 Å². The first-order valence-electron chi connectivity index (χ1n) is 10.1. The SMILES string of the molecule is CCn1c(SCC(=O)Nc2ccc([N+](=O)[O-])cc2)nnc1[C@@H](C)NC(=O)c1ccc(Cl)cc1Cl. The van der Waals surface area contributed by atoms with Crippen molar-refractivity contribution in [1.29, 1.82) is 0 Å². The Kier molecular flexibility index (Phi) is 8.48. The van der Waals surface area contributed by atoms with Gasteiger partial charge in [-0.3, -0.25) is 19.7 Å². The van der Waals surface area contributed by atoms with Gasteiger partial charge in [0.2, 0.25) is 5.91 Å². The summed E-state index contributed by atoms with van der Waals surface area (Å²) in [4.78, 5) is 35.1. The topological polar surface area (TPSA) is 132 Å². The lowest BCUT2D eigenvalue weighted by Crippen LogP contribution is -2.29. The molecule has 3 aromatic rings. The van der Waals surface area contributed by atoms with E-state index in [0.717, 1.165) is 0 Å². The Bertz CT molecular complexity index is 1220. The van der Waals surface area contributed by atoms with Gasteiger partial charge >= 0.3 is 0 Å². The number of amides is 2. The average molecular weight is 523 g/mol. The maximum atomic E-state index is 12.6. The molecule has 2 N–H and O–H groups in total. The van der Waals surface area contributed by atoms with Crippen molar-refractivity contribution in [3.05, 3.63) is 74.0 Å². The number of anilines is 1. The molecule has 0 bridgehead atoms. The molecule has 178 valence electrons. The van der Waals surface area contributed by atoms with Crippen molar-refractivity contribution in [3.8, 4) is 0 Å². The molecule has 1 atom stereocenters. The number of thioether (sulfide) groups is 1. The van der Waals surface area contributed by atoms with Crippen molar-refractivity contribution < 1.29 is 14.5 Å². The second kappa shape index (κ2) is 11.3. The van der Waals surface area contributed by atoms with Crippen LogP contribution in [0.25, 0.3) is 0 Å². The minimum absolute atomic E-state index is 0.0518. The molecule has 1 aromatic heterocycles. The Labute approximate surface area is 209 Å². The van der Waals surface area contributed by atoms with Crippen molar-refractivity contribution in [2.75, 3.05) is 11.1 Å². The van der Waals surface area contributed by atoms with Crippen LogP contribution in [0.4, 0.5) is 11.4 Å². The Morgan fingerprint density at radius 3 is 2.50 bits per heavy atom. The van der Waals surface area contributed by atoms with Crippen LogP contribution in [0.15, 0.2) is 47.6 Å². The number of rotatable bonds is 9. The molecular weight excluding hydrogens is 503 g/mol. The van der Waals surface area contributed by atoms with Gasteiger partial charge in [0.25, 0.3) is 11.6 Å². The quantitative estimate of drug-likeness (QED) is 0.235. The first-order valence-corrected chi connectivity index (χ1v) is 11.8. The lowest BCUT2D eigenvalue weighted by molar-refractivity contribution is -0.384. The number of hydrogen-bond acceptors (Lipinski definition) is 7. The molecule has 0 fully saturated rings. The van der Waals surface area contributed by atoms with Gasteiger partial charge in [0.05, 0.1) is 27.3 Å². The van der Waals surface area contributed by atoms with Crippen molar-refractivity contribution in [2.45, 2.75) is 31.6 Å². The van der Waals surface area contributed by atoms with Gasteiger partial charge in [-0.1, -0.05) is 35.0 Å². The second-order valence-corrected chi connectivity index (χ2v) is 8.83. The maximum absolute atomic E-state index is 12.6. The van der Waals surface area contributed by atoms with Gasteiger partial charge in [-0.15, -0.1) is 10.2 Å². The van der Waals surface area contributed by atoms with Crippen molar-refractivity contribution in [2.24, 2.45) is 0 Å². The molecule has 3 rings (SSSR count). The number of non-ortho nitro benzene ring substituents is 1. The molecule has 1 heterocycles. The van der Waals surface area contributed by atoms with Crippen LogP contribution in [-0.4, -0.2) is 37.3 Å². The fraction of sp³-hybridized carbons (Fsp3) is 0.238. The molecule has 0 saturated carbocycles. The van der Waals surface area contributed by atoms with Gasteiger partial charge in [-0.2, -0.15) is 0 Å². The Morgan fingerprint density at radius 1 is 1.18 bits per heavy atom. The summed E-state index contributed by atoms with van der Waals surface area (Å²) in [6.45, 7) is 4.20. The van der Waals surface area contributed by atoms with E-state index in [1.807, 2.05) is 6.92 Å². The Balaban J connectivity index is 1.62. The highest BCUT2D eigenvalue weighted by molar-refractivity contribution is 7.99. The summed E-state index contributed by atoms with van der Waals surface area (Å²) in [5.41, 5.74) is 0.680. The number of hydrogen-bond donors (Lipinski definition) is 2. The zero-order valence-corrected chi connectivity index (χ0v) is 20.4. The van der Waals surface area contributed by atoms with Crippen LogP contribution in [0.2, 0.25) is 10.0 Å². The standard InChI is InChI=1S/C21H20Cl2N6O4S/c1-3-28-19(12(2)24-20(31)16-9-4-13(22)10-17(16)23)26-27-21(28)34-11-18(30)25-14-5-7-15(8-6-14)29(32)33/h4-10,12H,3,11H2,1-2H3,(H,24,31)(H,25,30)/t12-/m1/s1. The summed E-state index contributed by atoms with van der Waals surface area (Å²) >= 11 is 13.2. The first kappa shape index (κ1) is 25.5. The summed E-state index contributed by atoms with van der Waals surface area (Å²) in [5, 5.41) is 25.8. The van der Waals surface area contributed by atoms with Gasteiger partial charge in [0.1, 0.15) is 0 Å². The van der Waals surface area contributed by atoms with Crippen LogP contribution >= 0.6 is 35.0 Å². The maximum Gasteiger partial charge on any atom is 0.269 e. The van der Waals surface area contributed by atoms with Gasteiger partial charge in [0.15, 0.2) is 11.0 Å². The molecule has 13 heteroatoms. The number of nitrogens with one attached hydrogen (secondary N) is 2. The predicted octanol–water partition coefficient (Wildman–Crippen LogP) is 4.73. The number of benzene rings is 2. The van der Waals surface area contributed by atoms with Gasteiger partial charge in [-0.25, -0.2) is 0 Å². The summed E-state index contributed by atoms with van der Waals surface area (Å²) in [6.07, 6.45) is 0. The molecular formula is C21H20Cl2N6O4S. The second-order valence-electron chi connectivity index (χ2n) is 7.05. The molecule has 0 aliphatic carbocycles. The third-order valence-corrected chi connectivity index (χ3v) is 6.18. The van der Waals surface area contributed by atoms with E-state index in [0.29, 0.717) is 28.2 Å². The lowest BCUT2D eigenvalue weighted by atomic mass is 10.2. The summed E-state index contributed by atoms with van der Waals surface area (Å²) in [5.74, 6) is -0.100. The minimum Gasteiger partial charge on any atom is -0.342 e. The van der Waals surface area contributed by atoms with Crippen LogP contribution in [0.3, 0.4) is 0 Å². The zero-order chi connectivity index (χ0) is 24.8. The monoisotopic (exact) mass is 522 g/mol. The van der Waals surface area contributed by atoms with E-state index in [1.54, 1.807) is 23.6 Å². The summed E-state index contributed by atoms with van der Waals surface area (Å²) < 4.78 is 1.80. The number of nitrogens with zero attached hydrogens (tertiary/aromatic N) is 4. The number of nitro benzene ring substituents is 1. The fourth-order valence-corrected chi connectivity index (χ4v) is 4.33. The first-order chi connectivity index (χ1) is 16.2. The lowest BCUT2D eigenvalue weighted by Gasteiger charge is -2.15. The molecule has 10 nitrogen and oxygen atoms in total. The van der Waals surface area contributed by atoms with Gasteiger partial charge in [0, 0.05) is 29.4 Å². The van der Waals surface area contributed by atoms with Crippen LogP contribution < -0.4 is 10.6 Å². The highest BCUT2D eigenvalue weighted by Crippen LogP contribution is 2.24. The average Bonchev–Trinajstić information content (AvgIpc) is 3.21. The Hall–Kier alpha value is -3.15. The smallest absolute Gasteiger partial charge is 0.269 e. The van der Waals surface area contributed by atoms with E-state index >= 15 is 0 Å². The van der Waals surface area contributed by atoms with Crippen LogP contribution in [0.5, 0.6) is 0 Å². The molecule has 0 unspecified atom stereocenters. The molecule has 0 saturated heterocycles. The Morgan fingerprint density at radius 2 is 1.88 bits per heavy atom. The molecule has 2 aromatic carbocycles. The van der Waals surface area contributed by atoms with Gasteiger partial charge in [-0.05, 0) is 44.2 Å². The van der Waals surface area contributed by atoms with Crippen LogP contribution in [-0.2, 0) is 11.3 Å². The molecule has 0 radical (unpaired) electrons. The molecule has 34 heavy (non-hydrogen) atoms. The molecule has 0 aliphatic rings. The third kappa shape index (κ3) is 6.25. The highest BCUT2D eigenvalue weighted by Gasteiger charge is 2.21.